The molecule has 2 aromatic rings. The first-order valence-electron chi connectivity index (χ1n) is 8.39. The first kappa shape index (κ1) is 18.1. The van der Waals surface area contributed by atoms with Crippen LogP contribution < -0.4 is 20.3 Å². The number of ether oxygens (including phenoxy) is 1. The molecule has 3 amide bonds. The van der Waals surface area contributed by atoms with E-state index in [2.05, 4.69) is 10.6 Å². The number of piperidine rings is 1. The number of halogens is 1. The zero-order chi connectivity index (χ0) is 18.5. The summed E-state index contributed by atoms with van der Waals surface area (Å²) in [7, 11) is 1.52. The average molecular weight is 374 g/mol. The van der Waals surface area contributed by atoms with E-state index < -0.39 is 6.03 Å². The molecular weight excluding hydrogens is 354 g/mol. The number of rotatable bonds is 4. The first-order chi connectivity index (χ1) is 12.6. The molecule has 0 radical (unpaired) electrons. The summed E-state index contributed by atoms with van der Waals surface area (Å²) in [5, 5.41) is 5.98. The fourth-order valence-corrected chi connectivity index (χ4v) is 3.07. The van der Waals surface area contributed by atoms with Crippen molar-refractivity contribution in [1.29, 1.82) is 0 Å². The van der Waals surface area contributed by atoms with Crippen LogP contribution >= 0.6 is 11.6 Å². The van der Waals surface area contributed by atoms with Crippen molar-refractivity contribution in [3.63, 3.8) is 0 Å². The Morgan fingerprint density at radius 1 is 1.15 bits per heavy atom. The van der Waals surface area contributed by atoms with Gasteiger partial charge in [0, 0.05) is 29.4 Å². The van der Waals surface area contributed by atoms with Gasteiger partial charge in [-0.15, -0.1) is 0 Å². The third kappa shape index (κ3) is 4.26. The second kappa shape index (κ2) is 8.10. The van der Waals surface area contributed by atoms with Crippen molar-refractivity contribution < 1.29 is 14.3 Å². The molecule has 26 heavy (non-hydrogen) atoms. The van der Waals surface area contributed by atoms with Crippen molar-refractivity contribution >= 4 is 40.6 Å². The monoisotopic (exact) mass is 373 g/mol. The van der Waals surface area contributed by atoms with Gasteiger partial charge in [-0.05, 0) is 49.2 Å². The summed E-state index contributed by atoms with van der Waals surface area (Å²) in [5.74, 6) is 0.624. The van der Waals surface area contributed by atoms with Gasteiger partial charge in [-0.3, -0.25) is 4.79 Å². The van der Waals surface area contributed by atoms with Crippen LogP contribution in [-0.4, -0.2) is 25.6 Å². The standard InChI is InChI=1S/C19H20ClN3O3/c1-26-17-9-8-13(20)11-16(17)22-19(25)21-14-5-4-6-15(12-14)23-10-3-2-7-18(23)24/h4-6,8-9,11-12H,2-3,7,10H2,1H3,(H2,21,22,25). The van der Waals surface area contributed by atoms with E-state index in [0.29, 0.717) is 35.1 Å². The SMILES string of the molecule is COc1ccc(Cl)cc1NC(=O)Nc1cccc(N2CCCCC2=O)c1. The minimum absolute atomic E-state index is 0.113. The second-order valence-corrected chi connectivity index (χ2v) is 6.41. The normalized spacial score (nSPS) is 14.1. The predicted octanol–water partition coefficient (Wildman–Crippen LogP) is 4.51. The lowest BCUT2D eigenvalue weighted by Gasteiger charge is -2.27. The molecule has 1 aliphatic heterocycles. The highest BCUT2D eigenvalue weighted by Gasteiger charge is 2.19. The highest BCUT2D eigenvalue weighted by Crippen LogP contribution is 2.28. The van der Waals surface area contributed by atoms with Gasteiger partial charge in [-0.25, -0.2) is 4.79 Å². The molecule has 136 valence electrons. The first-order valence-corrected chi connectivity index (χ1v) is 8.76. The third-order valence-electron chi connectivity index (χ3n) is 4.15. The topological polar surface area (TPSA) is 70.7 Å². The molecule has 1 fully saturated rings. The van der Waals surface area contributed by atoms with E-state index in [1.165, 1.54) is 7.11 Å². The molecule has 3 rings (SSSR count). The van der Waals surface area contributed by atoms with Crippen LogP contribution in [0.5, 0.6) is 5.75 Å². The molecule has 1 saturated heterocycles. The largest absolute Gasteiger partial charge is 0.495 e. The lowest BCUT2D eigenvalue weighted by molar-refractivity contribution is -0.119. The van der Waals surface area contributed by atoms with Crippen LogP contribution in [0.25, 0.3) is 0 Å². The van der Waals surface area contributed by atoms with Crippen LogP contribution in [0.4, 0.5) is 21.9 Å². The van der Waals surface area contributed by atoms with Crippen LogP contribution in [0, 0.1) is 0 Å². The van der Waals surface area contributed by atoms with E-state index >= 15 is 0 Å². The number of nitrogens with zero attached hydrogens (tertiary/aromatic N) is 1. The van der Waals surface area contributed by atoms with Crippen molar-refractivity contribution in [2.45, 2.75) is 19.3 Å². The van der Waals surface area contributed by atoms with Crippen molar-refractivity contribution in [3.8, 4) is 5.75 Å². The smallest absolute Gasteiger partial charge is 0.323 e. The van der Waals surface area contributed by atoms with Crippen LogP contribution in [-0.2, 0) is 4.79 Å². The Hall–Kier alpha value is -2.73. The van der Waals surface area contributed by atoms with Crippen LogP contribution in [0.3, 0.4) is 0 Å². The Morgan fingerprint density at radius 2 is 2.00 bits per heavy atom. The Bertz CT molecular complexity index is 825. The summed E-state index contributed by atoms with van der Waals surface area (Å²) < 4.78 is 5.22. The molecular formula is C19H20ClN3O3. The van der Waals surface area contributed by atoms with E-state index in [0.717, 1.165) is 18.5 Å². The molecule has 7 heteroatoms. The van der Waals surface area contributed by atoms with Gasteiger partial charge in [0.1, 0.15) is 5.75 Å². The molecule has 2 N–H and O–H groups in total. The second-order valence-electron chi connectivity index (χ2n) is 5.98. The predicted molar refractivity (Wildman–Crippen MR) is 103 cm³/mol. The fraction of sp³-hybridized carbons (Fsp3) is 0.263. The zero-order valence-corrected chi connectivity index (χ0v) is 15.2. The molecule has 1 aliphatic rings. The Labute approximate surface area is 157 Å². The Morgan fingerprint density at radius 3 is 2.77 bits per heavy atom. The highest BCUT2D eigenvalue weighted by molar-refractivity contribution is 6.31. The van der Waals surface area contributed by atoms with Crippen molar-refractivity contribution in [3.05, 3.63) is 47.5 Å². The molecule has 0 bridgehead atoms. The quantitative estimate of drug-likeness (QED) is 0.828. The van der Waals surface area contributed by atoms with Gasteiger partial charge in [0.2, 0.25) is 5.91 Å². The van der Waals surface area contributed by atoms with Gasteiger partial charge in [0.05, 0.1) is 12.8 Å². The number of methoxy groups -OCH3 is 1. The minimum Gasteiger partial charge on any atom is -0.495 e. The third-order valence-corrected chi connectivity index (χ3v) is 4.38. The molecule has 0 aliphatic carbocycles. The van der Waals surface area contributed by atoms with E-state index in [1.807, 2.05) is 12.1 Å². The number of nitrogens with one attached hydrogen (secondary N) is 2. The van der Waals surface area contributed by atoms with E-state index in [4.69, 9.17) is 16.3 Å². The van der Waals surface area contributed by atoms with Gasteiger partial charge >= 0.3 is 6.03 Å². The summed E-state index contributed by atoms with van der Waals surface area (Å²) in [4.78, 5) is 26.1. The summed E-state index contributed by atoms with van der Waals surface area (Å²) >= 11 is 5.97. The number of urea groups is 1. The summed E-state index contributed by atoms with van der Waals surface area (Å²) in [5.41, 5.74) is 1.85. The summed E-state index contributed by atoms with van der Waals surface area (Å²) in [6.07, 6.45) is 2.47. The number of hydrogen-bond acceptors (Lipinski definition) is 3. The molecule has 0 saturated carbocycles. The van der Waals surface area contributed by atoms with E-state index in [-0.39, 0.29) is 5.91 Å². The number of benzene rings is 2. The van der Waals surface area contributed by atoms with Gasteiger partial charge in [0.15, 0.2) is 0 Å². The lowest BCUT2D eigenvalue weighted by atomic mass is 10.1. The number of anilines is 3. The van der Waals surface area contributed by atoms with Gasteiger partial charge < -0.3 is 20.3 Å². The maximum atomic E-state index is 12.3. The zero-order valence-electron chi connectivity index (χ0n) is 14.4. The Kier molecular flexibility index (Phi) is 5.63. The summed E-state index contributed by atoms with van der Waals surface area (Å²) in [6, 6.07) is 11.8. The molecule has 6 nitrogen and oxygen atoms in total. The van der Waals surface area contributed by atoms with E-state index in [1.54, 1.807) is 35.2 Å². The van der Waals surface area contributed by atoms with Crippen molar-refractivity contribution in [2.24, 2.45) is 0 Å². The maximum absolute atomic E-state index is 12.3. The van der Waals surface area contributed by atoms with E-state index in [9.17, 15) is 9.59 Å². The molecule has 1 heterocycles. The van der Waals surface area contributed by atoms with Crippen LogP contribution in [0.1, 0.15) is 19.3 Å². The van der Waals surface area contributed by atoms with Crippen LogP contribution in [0.15, 0.2) is 42.5 Å². The molecule has 0 unspecified atom stereocenters. The number of carbonyl (C=O) groups excluding carboxylic acids is 2. The van der Waals surface area contributed by atoms with Gasteiger partial charge in [0.25, 0.3) is 0 Å². The molecule has 0 aromatic heterocycles. The summed E-state index contributed by atoms with van der Waals surface area (Å²) in [6.45, 7) is 0.703. The van der Waals surface area contributed by atoms with Gasteiger partial charge in [-0.2, -0.15) is 0 Å². The number of hydrogen-bond donors (Lipinski definition) is 2. The average Bonchev–Trinajstić information content (AvgIpc) is 2.62. The highest BCUT2D eigenvalue weighted by atomic mass is 35.5. The molecule has 0 spiro atoms. The lowest BCUT2D eigenvalue weighted by Crippen LogP contribution is -2.35. The van der Waals surface area contributed by atoms with Crippen molar-refractivity contribution in [1.82, 2.24) is 0 Å². The Balaban J connectivity index is 1.71. The van der Waals surface area contributed by atoms with Crippen molar-refractivity contribution in [2.75, 3.05) is 29.2 Å². The number of amides is 3. The minimum atomic E-state index is -0.423. The molecule has 0 atom stereocenters. The number of carbonyl (C=O) groups is 2. The fourth-order valence-electron chi connectivity index (χ4n) is 2.89. The van der Waals surface area contributed by atoms with Crippen LogP contribution in [0.2, 0.25) is 5.02 Å². The maximum Gasteiger partial charge on any atom is 0.323 e. The van der Waals surface area contributed by atoms with Gasteiger partial charge in [-0.1, -0.05) is 17.7 Å². The molecule has 2 aromatic carbocycles.